The molecule has 1 unspecified atom stereocenters. The van der Waals surface area contributed by atoms with Crippen LogP contribution in [0.1, 0.15) is 92.9 Å². The van der Waals surface area contributed by atoms with Crippen LogP contribution in [-0.2, 0) is 19.2 Å². The first kappa shape index (κ1) is 29.7. The molecule has 1 aliphatic carbocycles. The van der Waals surface area contributed by atoms with Gasteiger partial charge in [-0.05, 0) is 51.5 Å². The standard InChI is InChI=1S/C26H40F2N2O4/c1-8-11-20(31)21(17(4)13-10-12-16(3)9-2)18(5)19(6)22(32)23(33)30-25(24(34)29-7)14-26(27,28)15-25/h16H,8-15H2,1-7H3,(H,29,34)(H,30,33)/b19-18+,21-17-. The Kier molecular flexibility index (Phi) is 10.8. The molecule has 0 aromatic rings. The van der Waals surface area contributed by atoms with Gasteiger partial charge in [-0.3, -0.25) is 19.2 Å². The van der Waals surface area contributed by atoms with E-state index in [9.17, 15) is 28.0 Å². The Labute approximate surface area is 202 Å². The normalized spacial score (nSPS) is 18.6. The fourth-order valence-electron chi connectivity index (χ4n) is 4.34. The number of alkyl halides is 2. The number of carbonyl (C=O) groups is 4. The van der Waals surface area contributed by atoms with E-state index in [0.29, 0.717) is 36.3 Å². The Morgan fingerprint density at radius 1 is 0.971 bits per heavy atom. The van der Waals surface area contributed by atoms with Gasteiger partial charge in [0, 0.05) is 37.5 Å². The molecule has 1 saturated carbocycles. The van der Waals surface area contributed by atoms with E-state index in [-0.39, 0.29) is 11.4 Å². The molecule has 0 aromatic carbocycles. The van der Waals surface area contributed by atoms with Crippen LogP contribution < -0.4 is 10.6 Å². The molecule has 192 valence electrons. The van der Waals surface area contributed by atoms with Crippen molar-refractivity contribution in [2.75, 3.05) is 7.05 Å². The van der Waals surface area contributed by atoms with Gasteiger partial charge in [-0.25, -0.2) is 8.78 Å². The molecular formula is C26H40F2N2O4. The molecule has 8 heteroatoms. The monoisotopic (exact) mass is 482 g/mol. The van der Waals surface area contributed by atoms with Crippen molar-refractivity contribution >= 4 is 23.4 Å². The van der Waals surface area contributed by atoms with Gasteiger partial charge in [0.25, 0.3) is 11.8 Å². The highest BCUT2D eigenvalue weighted by Gasteiger charge is 2.61. The average molecular weight is 483 g/mol. The van der Waals surface area contributed by atoms with Crippen molar-refractivity contribution in [2.45, 2.75) is 104 Å². The first-order chi connectivity index (χ1) is 15.7. The SMILES string of the molecule is CCCC(=O)C(=C(/C)CCCC(C)CC)/C(C)=C(\C)C(=O)C(=O)NC1(C(=O)NC)CC(F)(F)C1. The van der Waals surface area contributed by atoms with Crippen LogP contribution in [-0.4, -0.2) is 41.9 Å². The third kappa shape index (κ3) is 7.31. The highest BCUT2D eigenvalue weighted by Crippen LogP contribution is 2.45. The Hall–Kier alpha value is -2.38. The zero-order valence-corrected chi connectivity index (χ0v) is 21.6. The molecule has 1 fully saturated rings. The van der Waals surface area contributed by atoms with Gasteiger partial charge in [-0.15, -0.1) is 0 Å². The zero-order valence-electron chi connectivity index (χ0n) is 21.6. The summed E-state index contributed by atoms with van der Waals surface area (Å²) in [6.07, 6.45) is 2.95. The van der Waals surface area contributed by atoms with Gasteiger partial charge in [0.05, 0.1) is 0 Å². The van der Waals surface area contributed by atoms with E-state index in [2.05, 4.69) is 24.5 Å². The fourth-order valence-corrected chi connectivity index (χ4v) is 4.34. The van der Waals surface area contributed by atoms with Crippen molar-refractivity contribution in [3.63, 3.8) is 0 Å². The van der Waals surface area contributed by atoms with Crippen LogP contribution in [0.2, 0.25) is 0 Å². The summed E-state index contributed by atoms with van der Waals surface area (Å²) < 4.78 is 27.1. The van der Waals surface area contributed by atoms with E-state index in [4.69, 9.17) is 0 Å². The smallest absolute Gasteiger partial charge is 0.292 e. The molecule has 0 bridgehead atoms. The van der Waals surface area contributed by atoms with E-state index in [1.807, 2.05) is 13.8 Å². The summed E-state index contributed by atoms with van der Waals surface area (Å²) in [7, 11) is 1.28. The number of halogens is 2. The quantitative estimate of drug-likeness (QED) is 0.224. The van der Waals surface area contributed by atoms with Crippen LogP contribution in [0.25, 0.3) is 0 Å². The van der Waals surface area contributed by atoms with Gasteiger partial charge in [-0.2, -0.15) is 0 Å². The molecule has 1 aliphatic rings. The van der Waals surface area contributed by atoms with E-state index in [1.165, 1.54) is 14.0 Å². The van der Waals surface area contributed by atoms with Crippen LogP contribution >= 0.6 is 0 Å². The van der Waals surface area contributed by atoms with Crippen molar-refractivity contribution in [3.8, 4) is 0 Å². The van der Waals surface area contributed by atoms with Crippen LogP contribution in [0, 0.1) is 5.92 Å². The minimum Gasteiger partial charge on any atom is -0.357 e. The van der Waals surface area contributed by atoms with Gasteiger partial charge in [-0.1, -0.05) is 39.2 Å². The number of likely N-dealkylation sites (N-methyl/N-ethyl adjacent to an activating group) is 1. The van der Waals surface area contributed by atoms with Gasteiger partial charge < -0.3 is 10.6 Å². The number of hydrogen-bond acceptors (Lipinski definition) is 4. The first-order valence-corrected chi connectivity index (χ1v) is 12.1. The minimum atomic E-state index is -3.08. The number of amides is 2. The molecule has 0 spiro atoms. The topological polar surface area (TPSA) is 92.3 Å². The summed E-state index contributed by atoms with van der Waals surface area (Å²) in [6, 6.07) is 0. The van der Waals surface area contributed by atoms with Crippen molar-refractivity contribution in [3.05, 3.63) is 22.3 Å². The van der Waals surface area contributed by atoms with Gasteiger partial charge >= 0.3 is 0 Å². The highest BCUT2D eigenvalue weighted by atomic mass is 19.3. The summed E-state index contributed by atoms with van der Waals surface area (Å²) >= 11 is 0. The zero-order chi connectivity index (χ0) is 26.3. The third-order valence-corrected chi connectivity index (χ3v) is 6.75. The number of ketones is 2. The largest absolute Gasteiger partial charge is 0.357 e. The summed E-state index contributed by atoms with van der Waals surface area (Å²) in [5.74, 6) is -5.43. The van der Waals surface area contributed by atoms with Gasteiger partial charge in [0.2, 0.25) is 11.7 Å². The molecule has 0 aromatic heterocycles. The lowest BCUT2D eigenvalue weighted by Gasteiger charge is -2.45. The minimum absolute atomic E-state index is 0.0661. The summed E-state index contributed by atoms with van der Waals surface area (Å²) in [5.41, 5.74) is -0.0149. The molecule has 0 radical (unpaired) electrons. The van der Waals surface area contributed by atoms with Crippen LogP contribution in [0.4, 0.5) is 8.78 Å². The molecule has 0 heterocycles. The Morgan fingerprint density at radius 3 is 2.03 bits per heavy atom. The van der Waals surface area contributed by atoms with Crippen molar-refractivity contribution in [1.29, 1.82) is 0 Å². The second-order valence-electron chi connectivity index (χ2n) is 9.64. The van der Waals surface area contributed by atoms with E-state index < -0.39 is 41.9 Å². The summed E-state index contributed by atoms with van der Waals surface area (Å²) in [4.78, 5) is 50.7. The molecule has 2 N–H and O–H groups in total. The molecule has 2 amide bonds. The maximum atomic E-state index is 13.5. The predicted octanol–water partition coefficient (Wildman–Crippen LogP) is 4.82. The number of carbonyl (C=O) groups excluding carboxylic acids is 4. The molecule has 1 rings (SSSR count). The second-order valence-corrected chi connectivity index (χ2v) is 9.64. The number of Topliss-reactive ketones (excluding diaryl/α,β-unsaturated/α-hetero) is 2. The van der Waals surface area contributed by atoms with E-state index in [0.717, 1.165) is 24.8 Å². The number of allylic oxidation sites excluding steroid dienone is 3. The Morgan fingerprint density at radius 2 is 1.56 bits per heavy atom. The highest BCUT2D eigenvalue weighted by molar-refractivity contribution is 6.43. The van der Waals surface area contributed by atoms with Gasteiger partial charge in [0.1, 0.15) is 5.54 Å². The summed E-state index contributed by atoms with van der Waals surface area (Å²) in [6.45, 7) is 11.2. The fraction of sp³-hybridized carbons (Fsp3) is 0.692. The average Bonchev–Trinajstić information content (AvgIpc) is 2.75. The predicted molar refractivity (Wildman–Crippen MR) is 128 cm³/mol. The van der Waals surface area contributed by atoms with Crippen molar-refractivity contribution in [1.82, 2.24) is 10.6 Å². The molecule has 6 nitrogen and oxygen atoms in total. The Bertz CT molecular complexity index is 866. The third-order valence-electron chi connectivity index (χ3n) is 6.75. The molecule has 0 aliphatic heterocycles. The van der Waals surface area contributed by atoms with Crippen molar-refractivity contribution < 1.29 is 28.0 Å². The maximum Gasteiger partial charge on any atom is 0.292 e. The number of nitrogens with one attached hydrogen (secondary N) is 2. The Balaban J connectivity index is 3.19. The molecule has 34 heavy (non-hydrogen) atoms. The lowest BCUT2D eigenvalue weighted by atomic mass is 9.72. The first-order valence-electron chi connectivity index (χ1n) is 12.1. The summed E-state index contributed by atoms with van der Waals surface area (Å²) in [5, 5.41) is 4.50. The van der Waals surface area contributed by atoms with Crippen LogP contribution in [0.5, 0.6) is 0 Å². The second kappa shape index (κ2) is 12.4. The number of rotatable bonds is 13. The van der Waals surface area contributed by atoms with E-state index in [1.54, 1.807) is 6.92 Å². The number of hydrogen-bond donors (Lipinski definition) is 2. The van der Waals surface area contributed by atoms with Gasteiger partial charge in [0.15, 0.2) is 5.78 Å². The van der Waals surface area contributed by atoms with Crippen LogP contribution in [0.15, 0.2) is 22.3 Å². The van der Waals surface area contributed by atoms with E-state index >= 15 is 0 Å². The lowest BCUT2D eigenvalue weighted by molar-refractivity contribution is -0.166. The molecule has 1 atom stereocenters. The molecular weight excluding hydrogens is 442 g/mol. The van der Waals surface area contributed by atoms with Crippen LogP contribution in [0.3, 0.4) is 0 Å². The molecule has 0 saturated heterocycles. The maximum absolute atomic E-state index is 13.5. The van der Waals surface area contributed by atoms with Crippen molar-refractivity contribution in [2.24, 2.45) is 5.92 Å². The lowest BCUT2D eigenvalue weighted by Crippen LogP contribution is -2.69.